The molecule has 0 saturated carbocycles. The highest BCUT2D eigenvalue weighted by Gasteiger charge is 2.09. The second-order valence-electron chi connectivity index (χ2n) is 5.59. The molecule has 25 heavy (non-hydrogen) atoms. The van der Waals surface area contributed by atoms with Gasteiger partial charge < -0.3 is 9.64 Å². The number of halogens is 1. The number of imidazole rings is 1. The van der Waals surface area contributed by atoms with Crippen LogP contribution in [0.3, 0.4) is 0 Å². The van der Waals surface area contributed by atoms with Crippen molar-refractivity contribution in [2.45, 2.75) is 6.54 Å². The van der Waals surface area contributed by atoms with Gasteiger partial charge in [-0.2, -0.15) is 0 Å². The molecule has 0 bridgehead atoms. The van der Waals surface area contributed by atoms with E-state index in [4.69, 9.17) is 16.3 Å². The Bertz CT molecular complexity index is 916. The van der Waals surface area contributed by atoms with Crippen LogP contribution in [0.25, 0.3) is 11.7 Å². The first kappa shape index (κ1) is 17.0. The van der Waals surface area contributed by atoms with Gasteiger partial charge in [0, 0.05) is 25.9 Å². The SMILES string of the molecule is COc1ccc(CN(C)C(=O)/C=C/c2c(Cl)nc3ccccn23)cc1. The quantitative estimate of drug-likeness (QED) is 0.656. The fourth-order valence-corrected chi connectivity index (χ4v) is 2.74. The molecule has 3 aromatic rings. The topological polar surface area (TPSA) is 46.8 Å². The van der Waals surface area contributed by atoms with E-state index in [1.165, 1.54) is 6.08 Å². The third-order valence-electron chi connectivity index (χ3n) is 3.86. The van der Waals surface area contributed by atoms with Crippen LogP contribution in [0.15, 0.2) is 54.7 Å². The Kier molecular flexibility index (Phi) is 5.05. The highest BCUT2D eigenvalue weighted by Crippen LogP contribution is 2.19. The molecular weight excluding hydrogens is 338 g/mol. The molecule has 0 unspecified atom stereocenters. The normalized spacial score (nSPS) is 11.2. The lowest BCUT2D eigenvalue weighted by molar-refractivity contribution is -0.125. The van der Waals surface area contributed by atoms with Crippen molar-refractivity contribution in [1.29, 1.82) is 0 Å². The van der Waals surface area contributed by atoms with E-state index < -0.39 is 0 Å². The van der Waals surface area contributed by atoms with Crippen molar-refractivity contribution in [3.8, 4) is 5.75 Å². The number of benzene rings is 1. The standard InChI is InChI=1S/C19H18ClN3O2/c1-22(13-14-6-8-15(25-2)9-7-14)18(24)11-10-16-19(20)21-17-5-3-4-12-23(16)17/h3-12H,13H2,1-2H3/b11-10+. The lowest BCUT2D eigenvalue weighted by Gasteiger charge is -2.15. The molecule has 0 atom stereocenters. The summed E-state index contributed by atoms with van der Waals surface area (Å²) in [7, 11) is 3.38. The first-order valence-corrected chi connectivity index (χ1v) is 8.15. The number of methoxy groups -OCH3 is 1. The molecule has 2 aromatic heterocycles. The zero-order chi connectivity index (χ0) is 17.8. The van der Waals surface area contributed by atoms with Gasteiger partial charge in [-0.15, -0.1) is 0 Å². The number of likely N-dealkylation sites (N-methyl/N-ethyl adjacent to an activating group) is 1. The highest BCUT2D eigenvalue weighted by atomic mass is 35.5. The Labute approximate surface area is 151 Å². The fourth-order valence-electron chi connectivity index (χ4n) is 2.50. The van der Waals surface area contributed by atoms with Crippen LogP contribution in [0.1, 0.15) is 11.3 Å². The van der Waals surface area contributed by atoms with Gasteiger partial charge in [0.2, 0.25) is 5.91 Å². The number of hydrogen-bond acceptors (Lipinski definition) is 3. The minimum atomic E-state index is -0.113. The van der Waals surface area contributed by atoms with E-state index in [2.05, 4.69) is 4.98 Å². The maximum Gasteiger partial charge on any atom is 0.246 e. The lowest BCUT2D eigenvalue weighted by Crippen LogP contribution is -2.24. The molecule has 0 spiro atoms. The van der Waals surface area contributed by atoms with Crippen LogP contribution in [-0.2, 0) is 11.3 Å². The van der Waals surface area contributed by atoms with Gasteiger partial charge in [0.15, 0.2) is 5.15 Å². The summed E-state index contributed by atoms with van der Waals surface area (Å²) in [6.07, 6.45) is 5.06. The Morgan fingerprint density at radius 1 is 1.28 bits per heavy atom. The number of pyridine rings is 1. The van der Waals surface area contributed by atoms with Crippen LogP contribution in [0, 0.1) is 0 Å². The van der Waals surface area contributed by atoms with Crippen molar-refractivity contribution in [3.63, 3.8) is 0 Å². The van der Waals surface area contributed by atoms with E-state index >= 15 is 0 Å². The molecule has 128 valence electrons. The number of amides is 1. The van der Waals surface area contributed by atoms with E-state index in [0.717, 1.165) is 17.0 Å². The summed E-state index contributed by atoms with van der Waals surface area (Å²) in [5.41, 5.74) is 2.45. The Hall–Kier alpha value is -2.79. The minimum Gasteiger partial charge on any atom is -0.497 e. The predicted molar refractivity (Wildman–Crippen MR) is 98.7 cm³/mol. The molecule has 1 amide bonds. The smallest absolute Gasteiger partial charge is 0.246 e. The first-order valence-electron chi connectivity index (χ1n) is 7.77. The maximum atomic E-state index is 12.4. The third-order valence-corrected chi connectivity index (χ3v) is 4.14. The van der Waals surface area contributed by atoms with Crippen LogP contribution in [0.2, 0.25) is 5.15 Å². The molecule has 0 aliphatic rings. The van der Waals surface area contributed by atoms with Crippen molar-refractivity contribution in [2.75, 3.05) is 14.2 Å². The highest BCUT2D eigenvalue weighted by molar-refractivity contribution is 6.31. The van der Waals surface area contributed by atoms with Crippen molar-refractivity contribution in [2.24, 2.45) is 0 Å². The number of carbonyl (C=O) groups is 1. The van der Waals surface area contributed by atoms with Crippen LogP contribution in [-0.4, -0.2) is 34.3 Å². The average Bonchev–Trinajstić information content (AvgIpc) is 2.95. The summed E-state index contributed by atoms with van der Waals surface area (Å²) < 4.78 is 6.98. The molecule has 0 aliphatic heterocycles. The number of nitrogens with zero attached hydrogens (tertiary/aromatic N) is 3. The lowest BCUT2D eigenvalue weighted by atomic mass is 10.2. The van der Waals surface area contributed by atoms with Crippen LogP contribution >= 0.6 is 11.6 Å². The Balaban J connectivity index is 1.71. The van der Waals surface area contributed by atoms with Crippen molar-refractivity contribution in [3.05, 3.63) is 71.1 Å². The molecule has 0 radical (unpaired) electrons. The number of rotatable bonds is 5. The summed E-state index contributed by atoms with van der Waals surface area (Å²) in [4.78, 5) is 18.2. The molecule has 0 fully saturated rings. The van der Waals surface area contributed by atoms with Gasteiger partial charge in [-0.1, -0.05) is 29.8 Å². The summed E-state index contributed by atoms with van der Waals surface area (Å²) in [5, 5.41) is 0.369. The van der Waals surface area contributed by atoms with E-state index in [9.17, 15) is 4.79 Å². The average molecular weight is 356 g/mol. The molecule has 0 N–H and O–H groups in total. The molecule has 2 heterocycles. The third kappa shape index (κ3) is 3.83. The number of hydrogen-bond donors (Lipinski definition) is 0. The van der Waals surface area contributed by atoms with Crippen LogP contribution in [0.4, 0.5) is 0 Å². The van der Waals surface area contributed by atoms with E-state index in [1.807, 2.05) is 53.1 Å². The maximum absolute atomic E-state index is 12.4. The van der Waals surface area contributed by atoms with Gasteiger partial charge in [0.25, 0.3) is 0 Å². The van der Waals surface area contributed by atoms with Gasteiger partial charge in [0.05, 0.1) is 12.8 Å². The van der Waals surface area contributed by atoms with Crippen LogP contribution in [0.5, 0.6) is 5.75 Å². The fraction of sp³-hybridized carbons (Fsp3) is 0.158. The van der Waals surface area contributed by atoms with Gasteiger partial charge in [-0.3, -0.25) is 9.20 Å². The Morgan fingerprint density at radius 2 is 2.04 bits per heavy atom. The summed E-state index contributed by atoms with van der Waals surface area (Å²) in [5.74, 6) is 0.678. The summed E-state index contributed by atoms with van der Waals surface area (Å²) >= 11 is 6.17. The first-order chi connectivity index (χ1) is 12.1. The molecule has 5 nitrogen and oxygen atoms in total. The second-order valence-corrected chi connectivity index (χ2v) is 5.95. The number of carbonyl (C=O) groups excluding carboxylic acids is 1. The van der Waals surface area contributed by atoms with Crippen molar-refractivity contribution >= 4 is 29.2 Å². The molecule has 6 heteroatoms. The molecular formula is C19H18ClN3O2. The van der Waals surface area contributed by atoms with Crippen molar-refractivity contribution < 1.29 is 9.53 Å². The van der Waals surface area contributed by atoms with Gasteiger partial charge in [-0.25, -0.2) is 4.98 Å². The number of aromatic nitrogens is 2. The molecule has 3 rings (SSSR count). The largest absolute Gasteiger partial charge is 0.497 e. The molecule has 0 aliphatic carbocycles. The Morgan fingerprint density at radius 3 is 2.76 bits per heavy atom. The van der Waals surface area contributed by atoms with E-state index in [1.54, 1.807) is 25.1 Å². The number of ether oxygens (including phenoxy) is 1. The second kappa shape index (κ2) is 7.40. The zero-order valence-corrected chi connectivity index (χ0v) is 14.8. The summed E-state index contributed by atoms with van der Waals surface area (Å²) in [6.45, 7) is 0.508. The zero-order valence-electron chi connectivity index (χ0n) is 14.0. The molecule has 1 aromatic carbocycles. The van der Waals surface area contributed by atoms with Gasteiger partial charge in [0.1, 0.15) is 11.4 Å². The molecule has 0 saturated heterocycles. The van der Waals surface area contributed by atoms with E-state index in [-0.39, 0.29) is 5.91 Å². The van der Waals surface area contributed by atoms with E-state index in [0.29, 0.717) is 17.4 Å². The van der Waals surface area contributed by atoms with Crippen LogP contribution < -0.4 is 4.74 Å². The predicted octanol–water partition coefficient (Wildman–Crippen LogP) is 3.67. The van der Waals surface area contributed by atoms with Crippen molar-refractivity contribution in [1.82, 2.24) is 14.3 Å². The monoisotopic (exact) mass is 355 g/mol. The van der Waals surface area contributed by atoms with Gasteiger partial charge >= 0.3 is 0 Å². The summed E-state index contributed by atoms with van der Waals surface area (Å²) in [6, 6.07) is 13.3. The van der Waals surface area contributed by atoms with Gasteiger partial charge in [-0.05, 0) is 35.9 Å². The minimum absolute atomic E-state index is 0.113. The number of fused-ring (bicyclic) bond motifs is 1.